The van der Waals surface area contributed by atoms with Crippen molar-refractivity contribution in [3.63, 3.8) is 0 Å². The molecular formula is C16H14N2O. The number of fused-ring (bicyclic) bond motifs is 1. The number of nitrogens with zero attached hydrogens (tertiary/aromatic N) is 1. The van der Waals surface area contributed by atoms with Gasteiger partial charge in [-0.3, -0.25) is 9.36 Å². The summed E-state index contributed by atoms with van der Waals surface area (Å²) in [4.78, 5) is 11.7. The predicted molar refractivity (Wildman–Crippen MR) is 78.0 cm³/mol. The maximum Gasteiger partial charge on any atom is 0.228 e. The van der Waals surface area contributed by atoms with E-state index in [-0.39, 0.29) is 5.91 Å². The highest BCUT2D eigenvalue weighted by Crippen LogP contribution is 2.28. The summed E-state index contributed by atoms with van der Waals surface area (Å²) in [5, 5.41) is 4.39. The molecule has 0 spiro atoms. The molecule has 3 nitrogen and oxygen atoms in total. The molecule has 0 atom stereocenters. The number of nitrogens with one attached hydrogen (secondary N) is 1. The summed E-state index contributed by atoms with van der Waals surface area (Å²) in [6, 6.07) is 17.8. The van der Waals surface area contributed by atoms with E-state index in [2.05, 4.69) is 5.32 Å². The molecule has 19 heavy (non-hydrogen) atoms. The first kappa shape index (κ1) is 11.5. The third-order valence-electron chi connectivity index (χ3n) is 3.10. The Bertz CT molecular complexity index is 729. The number of carbonyl (C=O) groups excluding carboxylic acids is 1. The van der Waals surface area contributed by atoms with Crippen LogP contribution in [0.25, 0.3) is 10.9 Å². The quantitative estimate of drug-likeness (QED) is 0.744. The van der Waals surface area contributed by atoms with E-state index >= 15 is 0 Å². The van der Waals surface area contributed by atoms with Gasteiger partial charge in [0.05, 0.1) is 11.2 Å². The summed E-state index contributed by atoms with van der Waals surface area (Å²) in [5.41, 5.74) is 2.87. The molecule has 0 saturated heterocycles. The average molecular weight is 250 g/mol. The van der Waals surface area contributed by atoms with E-state index < -0.39 is 0 Å². The molecule has 0 aliphatic heterocycles. The average Bonchev–Trinajstić information content (AvgIpc) is 2.79. The Morgan fingerprint density at radius 1 is 1.00 bits per heavy atom. The molecule has 0 amide bonds. The number of aromatic nitrogens is 1. The number of benzene rings is 2. The standard InChI is InChI=1S/C16H14N2O/c1-12(19)18-11-15(14-9-5-6-10-16(14)18)17-13-7-3-2-4-8-13/h2-11,17H,1H3. The SMILES string of the molecule is CC(=O)n1cc(Nc2ccccc2)c2ccccc21. The van der Waals surface area contributed by atoms with Gasteiger partial charge in [0.2, 0.25) is 5.91 Å². The van der Waals surface area contributed by atoms with Crippen LogP contribution in [-0.4, -0.2) is 10.5 Å². The smallest absolute Gasteiger partial charge is 0.228 e. The second-order valence-electron chi connectivity index (χ2n) is 4.44. The van der Waals surface area contributed by atoms with E-state index in [9.17, 15) is 4.79 Å². The summed E-state index contributed by atoms with van der Waals surface area (Å²) in [5.74, 6) is 0.0114. The fourth-order valence-electron chi connectivity index (χ4n) is 2.22. The summed E-state index contributed by atoms with van der Waals surface area (Å²) < 4.78 is 1.67. The van der Waals surface area contributed by atoms with Crippen LogP contribution in [0.3, 0.4) is 0 Å². The van der Waals surface area contributed by atoms with Crippen LogP contribution in [0.15, 0.2) is 60.8 Å². The molecule has 0 aliphatic carbocycles. The largest absolute Gasteiger partial charge is 0.354 e. The molecule has 0 aliphatic rings. The molecule has 0 unspecified atom stereocenters. The van der Waals surface area contributed by atoms with Crippen molar-refractivity contribution in [1.29, 1.82) is 0 Å². The molecule has 1 N–H and O–H groups in total. The number of hydrogen-bond donors (Lipinski definition) is 1. The third kappa shape index (κ3) is 2.10. The summed E-state index contributed by atoms with van der Waals surface area (Å²) in [6.45, 7) is 1.57. The van der Waals surface area contributed by atoms with Crippen molar-refractivity contribution in [3.05, 3.63) is 60.8 Å². The number of para-hydroxylation sites is 2. The number of anilines is 2. The van der Waals surface area contributed by atoms with E-state index in [4.69, 9.17) is 0 Å². The zero-order chi connectivity index (χ0) is 13.2. The van der Waals surface area contributed by atoms with Crippen molar-refractivity contribution in [3.8, 4) is 0 Å². The lowest BCUT2D eigenvalue weighted by Crippen LogP contribution is -2.02. The monoisotopic (exact) mass is 250 g/mol. The molecule has 0 fully saturated rings. The minimum absolute atomic E-state index is 0.0114. The van der Waals surface area contributed by atoms with Gasteiger partial charge >= 0.3 is 0 Å². The number of hydrogen-bond acceptors (Lipinski definition) is 2. The van der Waals surface area contributed by atoms with Gasteiger partial charge < -0.3 is 5.32 Å². The third-order valence-corrected chi connectivity index (χ3v) is 3.10. The maximum absolute atomic E-state index is 11.7. The molecule has 3 aromatic rings. The lowest BCUT2D eigenvalue weighted by molar-refractivity contribution is 0.0942. The molecular weight excluding hydrogens is 236 g/mol. The van der Waals surface area contributed by atoms with Gasteiger partial charge in [-0.25, -0.2) is 0 Å². The molecule has 1 heterocycles. The zero-order valence-electron chi connectivity index (χ0n) is 10.6. The van der Waals surface area contributed by atoms with Crippen LogP contribution in [0.1, 0.15) is 11.7 Å². The Morgan fingerprint density at radius 3 is 2.42 bits per heavy atom. The Morgan fingerprint density at radius 2 is 1.68 bits per heavy atom. The van der Waals surface area contributed by atoms with E-state index in [1.165, 1.54) is 0 Å². The Balaban J connectivity index is 2.11. The first-order valence-electron chi connectivity index (χ1n) is 6.19. The van der Waals surface area contributed by atoms with E-state index in [1.54, 1.807) is 11.5 Å². The zero-order valence-corrected chi connectivity index (χ0v) is 10.6. The normalized spacial score (nSPS) is 10.6. The van der Waals surface area contributed by atoms with Crippen LogP contribution in [0.5, 0.6) is 0 Å². The Hall–Kier alpha value is -2.55. The fourth-order valence-corrected chi connectivity index (χ4v) is 2.22. The first-order valence-corrected chi connectivity index (χ1v) is 6.19. The van der Waals surface area contributed by atoms with Crippen molar-refractivity contribution in [2.45, 2.75) is 6.92 Å². The van der Waals surface area contributed by atoms with Crippen LogP contribution in [0.4, 0.5) is 11.4 Å². The second kappa shape index (κ2) is 4.61. The van der Waals surface area contributed by atoms with E-state index in [1.807, 2.05) is 60.8 Å². The van der Waals surface area contributed by atoms with Crippen molar-refractivity contribution in [2.75, 3.05) is 5.32 Å². The Labute approximate surface area is 111 Å². The molecule has 0 bridgehead atoms. The van der Waals surface area contributed by atoms with Crippen LogP contribution < -0.4 is 5.32 Å². The van der Waals surface area contributed by atoms with E-state index in [0.29, 0.717) is 0 Å². The van der Waals surface area contributed by atoms with Crippen molar-refractivity contribution in [2.24, 2.45) is 0 Å². The molecule has 3 rings (SSSR count). The lowest BCUT2D eigenvalue weighted by atomic mass is 10.2. The van der Waals surface area contributed by atoms with Crippen LogP contribution in [-0.2, 0) is 0 Å². The van der Waals surface area contributed by atoms with Gasteiger partial charge in [0, 0.05) is 24.2 Å². The van der Waals surface area contributed by atoms with Crippen LogP contribution in [0, 0.1) is 0 Å². The minimum atomic E-state index is 0.0114. The molecule has 94 valence electrons. The van der Waals surface area contributed by atoms with Gasteiger partial charge in [-0.1, -0.05) is 36.4 Å². The van der Waals surface area contributed by atoms with Crippen molar-refractivity contribution in [1.82, 2.24) is 4.57 Å². The van der Waals surface area contributed by atoms with Crippen LogP contribution >= 0.6 is 0 Å². The number of rotatable bonds is 2. The number of carbonyl (C=O) groups is 1. The van der Waals surface area contributed by atoms with E-state index in [0.717, 1.165) is 22.3 Å². The topological polar surface area (TPSA) is 34.0 Å². The second-order valence-corrected chi connectivity index (χ2v) is 4.44. The maximum atomic E-state index is 11.7. The van der Waals surface area contributed by atoms with Gasteiger partial charge in [0.1, 0.15) is 0 Å². The highest BCUT2D eigenvalue weighted by Gasteiger charge is 2.10. The minimum Gasteiger partial charge on any atom is -0.354 e. The molecule has 1 aromatic heterocycles. The van der Waals surface area contributed by atoms with Crippen molar-refractivity contribution < 1.29 is 4.79 Å². The molecule has 2 aromatic carbocycles. The molecule has 3 heteroatoms. The highest BCUT2D eigenvalue weighted by molar-refractivity contribution is 6.00. The first-order chi connectivity index (χ1) is 9.25. The molecule has 0 radical (unpaired) electrons. The highest BCUT2D eigenvalue weighted by atomic mass is 16.1. The van der Waals surface area contributed by atoms with Gasteiger partial charge in [-0.15, -0.1) is 0 Å². The lowest BCUT2D eigenvalue weighted by Gasteiger charge is -2.03. The fraction of sp³-hybridized carbons (Fsp3) is 0.0625. The Kier molecular flexibility index (Phi) is 2.80. The van der Waals surface area contributed by atoms with Gasteiger partial charge in [-0.05, 0) is 18.2 Å². The predicted octanol–water partition coefficient (Wildman–Crippen LogP) is 4.05. The summed E-state index contributed by atoms with van der Waals surface area (Å²) in [6.07, 6.45) is 1.85. The summed E-state index contributed by atoms with van der Waals surface area (Å²) >= 11 is 0. The van der Waals surface area contributed by atoms with Crippen LogP contribution in [0.2, 0.25) is 0 Å². The van der Waals surface area contributed by atoms with Gasteiger partial charge in [-0.2, -0.15) is 0 Å². The van der Waals surface area contributed by atoms with Gasteiger partial charge in [0.25, 0.3) is 0 Å². The summed E-state index contributed by atoms with van der Waals surface area (Å²) in [7, 11) is 0. The molecule has 0 saturated carbocycles. The van der Waals surface area contributed by atoms with Gasteiger partial charge in [0.15, 0.2) is 0 Å². The van der Waals surface area contributed by atoms with Crippen molar-refractivity contribution >= 4 is 28.2 Å².